The Morgan fingerprint density at radius 2 is 2.00 bits per heavy atom. The SMILES string of the molecule is CC(C)(C)C1(CC#N)COC1. The number of rotatable bonds is 1. The molecule has 0 unspecified atom stereocenters. The van der Waals surface area contributed by atoms with E-state index in [2.05, 4.69) is 26.8 Å². The summed E-state index contributed by atoms with van der Waals surface area (Å²) < 4.78 is 5.17. The lowest BCUT2D eigenvalue weighted by Crippen LogP contribution is -2.51. The molecular weight excluding hydrogens is 138 g/mol. The number of ether oxygens (including phenoxy) is 1. The van der Waals surface area contributed by atoms with Crippen LogP contribution in [0.15, 0.2) is 0 Å². The molecule has 0 N–H and O–H groups in total. The topological polar surface area (TPSA) is 33.0 Å². The molecule has 1 heterocycles. The number of nitrogens with zero attached hydrogens (tertiary/aromatic N) is 1. The lowest BCUT2D eigenvalue weighted by Gasteiger charge is -2.49. The van der Waals surface area contributed by atoms with Crippen molar-refractivity contribution in [3.63, 3.8) is 0 Å². The third-order valence-corrected chi connectivity index (χ3v) is 2.77. The van der Waals surface area contributed by atoms with E-state index in [4.69, 9.17) is 10.00 Å². The summed E-state index contributed by atoms with van der Waals surface area (Å²) in [6.45, 7) is 8.03. The second-order valence-electron chi connectivity index (χ2n) is 4.36. The zero-order valence-electron chi connectivity index (χ0n) is 7.48. The van der Waals surface area contributed by atoms with Crippen molar-refractivity contribution in [2.75, 3.05) is 13.2 Å². The van der Waals surface area contributed by atoms with Gasteiger partial charge in [0.2, 0.25) is 0 Å². The maximum atomic E-state index is 8.62. The predicted molar refractivity (Wildman–Crippen MR) is 42.9 cm³/mol. The molecule has 0 radical (unpaired) electrons. The van der Waals surface area contributed by atoms with Gasteiger partial charge in [0, 0.05) is 11.8 Å². The predicted octanol–water partition coefficient (Wildman–Crippen LogP) is 1.96. The number of nitriles is 1. The fourth-order valence-electron chi connectivity index (χ4n) is 1.30. The van der Waals surface area contributed by atoms with Gasteiger partial charge in [0.1, 0.15) is 0 Å². The third-order valence-electron chi connectivity index (χ3n) is 2.77. The highest BCUT2D eigenvalue weighted by molar-refractivity contribution is 5.00. The van der Waals surface area contributed by atoms with E-state index in [-0.39, 0.29) is 10.8 Å². The van der Waals surface area contributed by atoms with Gasteiger partial charge in [-0.2, -0.15) is 5.26 Å². The third kappa shape index (κ3) is 1.25. The van der Waals surface area contributed by atoms with Crippen LogP contribution in [0, 0.1) is 22.2 Å². The fourth-order valence-corrected chi connectivity index (χ4v) is 1.30. The van der Waals surface area contributed by atoms with E-state index in [9.17, 15) is 0 Å². The summed E-state index contributed by atoms with van der Waals surface area (Å²) in [5.41, 5.74) is 0.322. The number of hydrogen-bond donors (Lipinski definition) is 0. The largest absolute Gasteiger partial charge is 0.380 e. The molecule has 1 rings (SSSR count). The van der Waals surface area contributed by atoms with Crippen LogP contribution in [0.25, 0.3) is 0 Å². The molecule has 1 fully saturated rings. The molecule has 1 aliphatic rings. The Kier molecular flexibility index (Phi) is 1.94. The first kappa shape index (κ1) is 8.55. The van der Waals surface area contributed by atoms with Gasteiger partial charge in [-0.1, -0.05) is 20.8 Å². The van der Waals surface area contributed by atoms with E-state index in [0.717, 1.165) is 13.2 Å². The molecule has 0 aromatic heterocycles. The Morgan fingerprint density at radius 3 is 2.09 bits per heavy atom. The zero-order valence-corrected chi connectivity index (χ0v) is 7.48. The molecule has 0 saturated carbocycles. The van der Waals surface area contributed by atoms with E-state index in [1.165, 1.54) is 0 Å². The van der Waals surface area contributed by atoms with E-state index in [1.54, 1.807) is 0 Å². The lowest BCUT2D eigenvalue weighted by molar-refractivity contribution is -0.167. The van der Waals surface area contributed by atoms with Crippen molar-refractivity contribution in [2.24, 2.45) is 10.8 Å². The molecule has 62 valence electrons. The monoisotopic (exact) mass is 153 g/mol. The van der Waals surface area contributed by atoms with Crippen LogP contribution in [0.3, 0.4) is 0 Å². The molecule has 0 spiro atoms. The maximum absolute atomic E-state index is 8.62. The first-order chi connectivity index (χ1) is 5.02. The molecule has 2 heteroatoms. The molecule has 0 aromatic rings. The first-order valence-corrected chi connectivity index (χ1v) is 3.97. The summed E-state index contributed by atoms with van der Waals surface area (Å²) in [7, 11) is 0. The Morgan fingerprint density at radius 1 is 1.45 bits per heavy atom. The fraction of sp³-hybridized carbons (Fsp3) is 0.889. The van der Waals surface area contributed by atoms with Crippen molar-refractivity contribution in [3.8, 4) is 6.07 Å². The molecule has 11 heavy (non-hydrogen) atoms. The smallest absolute Gasteiger partial charge is 0.0629 e. The summed E-state index contributed by atoms with van der Waals surface area (Å²) in [5.74, 6) is 0. The van der Waals surface area contributed by atoms with E-state index < -0.39 is 0 Å². The Hall–Kier alpha value is -0.550. The second-order valence-corrected chi connectivity index (χ2v) is 4.36. The standard InChI is InChI=1S/C9H15NO/c1-8(2,3)9(4-5-10)6-11-7-9/h4,6-7H2,1-3H3. The molecule has 0 aromatic carbocycles. The Labute approximate surface area is 68.2 Å². The van der Waals surface area contributed by atoms with Crippen LogP contribution >= 0.6 is 0 Å². The van der Waals surface area contributed by atoms with Crippen molar-refractivity contribution < 1.29 is 4.74 Å². The van der Waals surface area contributed by atoms with Crippen molar-refractivity contribution in [3.05, 3.63) is 0 Å². The highest BCUT2D eigenvalue weighted by Crippen LogP contribution is 2.46. The normalized spacial score (nSPS) is 22.0. The highest BCUT2D eigenvalue weighted by Gasteiger charge is 2.47. The van der Waals surface area contributed by atoms with Crippen molar-refractivity contribution in [2.45, 2.75) is 27.2 Å². The van der Waals surface area contributed by atoms with Crippen LogP contribution in [-0.4, -0.2) is 13.2 Å². The van der Waals surface area contributed by atoms with Crippen molar-refractivity contribution >= 4 is 0 Å². The maximum Gasteiger partial charge on any atom is 0.0629 e. The second kappa shape index (κ2) is 2.49. The Balaban J connectivity index is 2.69. The van der Waals surface area contributed by atoms with E-state index >= 15 is 0 Å². The quantitative estimate of drug-likeness (QED) is 0.577. The summed E-state index contributed by atoms with van der Waals surface area (Å²) >= 11 is 0. The average molecular weight is 153 g/mol. The minimum absolute atomic E-state index is 0.127. The van der Waals surface area contributed by atoms with Gasteiger partial charge in [0.05, 0.1) is 19.3 Å². The van der Waals surface area contributed by atoms with Crippen LogP contribution in [0.5, 0.6) is 0 Å². The average Bonchev–Trinajstić information content (AvgIpc) is 1.75. The first-order valence-electron chi connectivity index (χ1n) is 3.97. The van der Waals surface area contributed by atoms with Gasteiger partial charge in [-0.25, -0.2) is 0 Å². The van der Waals surface area contributed by atoms with Gasteiger partial charge in [0.25, 0.3) is 0 Å². The molecule has 1 aliphatic heterocycles. The van der Waals surface area contributed by atoms with Gasteiger partial charge in [-0.3, -0.25) is 0 Å². The molecule has 0 aliphatic carbocycles. The van der Waals surface area contributed by atoms with Crippen LogP contribution in [0.2, 0.25) is 0 Å². The van der Waals surface area contributed by atoms with Crippen molar-refractivity contribution in [1.82, 2.24) is 0 Å². The van der Waals surface area contributed by atoms with Crippen LogP contribution < -0.4 is 0 Å². The van der Waals surface area contributed by atoms with Gasteiger partial charge in [-0.15, -0.1) is 0 Å². The minimum atomic E-state index is 0.127. The van der Waals surface area contributed by atoms with Gasteiger partial charge in [-0.05, 0) is 5.41 Å². The van der Waals surface area contributed by atoms with Crippen molar-refractivity contribution in [1.29, 1.82) is 5.26 Å². The summed E-state index contributed by atoms with van der Waals surface area (Å²) in [4.78, 5) is 0. The molecule has 0 amide bonds. The van der Waals surface area contributed by atoms with Gasteiger partial charge < -0.3 is 4.74 Å². The lowest BCUT2D eigenvalue weighted by atomic mass is 9.63. The molecule has 0 atom stereocenters. The summed E-state index contributed by atoms with van der Waals surface area (Å²) in [6.07, 6.45) is 0.622. The van der Waals surface area contributed by atoms with E-state index in [1.807, 2.05) is 0 Å². The summed E-state index contributed by atoms with van der Waals surface area (Å²) in [5, 5.41) is 8.62. The highest BCUT2D eigenvalue weighted by atomic mass is 16.5. The molecule has 2 nitrogen and oxygen atoms in total. The summed E-state index contributed by atoms with van der Waals surface area (Å²) in [6, 6.07) is 2.24. The minimum Gasteiger partial charge on any atom is -0.380 e. The molecular formula is C9H15NO. The van der Waals surface area contributed by atoms with Crippen LogP contribution in [0.4, 0.5) is 0 Å². The van der Waals surface area contributed by atoms with Crippen LogP contribution in [0.1, 0.15) is 27.2 Å². The van der Waals surface area contributed by atoms with Crippen LogP contribution in [-0.2, 0) is 4.74 Å². The Bertz CT molecular complexity index is 181. The van der Waals surface area contributed by atoms with Gasteiger partial charge in [0.15, 0.2) is 0 Å². The molecule has 0 bridgehead atoms. The molecule has 1 saturated heterocycles. The van der Waals surface area contributed by atoms with E-state index in [0.29, 0.717) is 6.42 Å². The zero-order chi connectivity index (χ0) is 8.54. The number of hydrogen-bond acceptors (Lipinski definition) is 2. The van der Waals surface area contributed by atoms with Gasteiger partial charge >= 0.3 is 0 Å².